The predicted molar refractivity (Wildman–Crippen MR) is 79.7 cm³/mol. The first kappa shape index (κ1) is 15.0. The van der Waals surface area contributed by atoms with Crippen molar-refractivity contribution in [1.82, 2.24) is 10.0 Å². The molecule has 1 atom stereocenters. The quantitative estimate of drug-likeness (QED) is 0.876. The molecule has 1 unspecified atom stereocenters. The molecule has 0 saturated carbocycles. The normalized spacial score (nSPS) is 20.4. The van der Waals surface area contributed by atoms with Crippen LogP contribution in [0.1, 0.15) is 18.4 Å². The van der Waals surface area contributed by atoms with Gasteiger partial charge in [-0.05, 0) is 62.5 Å². The van der Waals surface area contributed by atoms with Gasteiger partial charge in [-0.1, -0.05) is 15.9 Å². The Labute approximate surface area is 123 Å². The van der Waals surface area contributed by atoms with E-state index in [-0.39, 0.29) is 0 Å². The third-order valence-corrected chi connectivity index (χ3v) is 5.15. The lowest BCUT2D eigenvalue weighted by Gasteiger charge is -2.22. The van der Waals surface area contributed by atoms with E-state index in [9.17, 15) is 8.42 Å². The average molecular weight is 347 g/mol. The third-order valence-electron chi connectivity index (χ3n) is 3.29. The molecule has 0 bridgehead atoms. The molecule has 4 nitrogen and oxygen atoms in total. The van der Waals surface area contributed by atoms with Crippen LogP contribution in [0.4, 0.5) is 0 Å². The fourth-order valence-corrected chi connectivity index (χ4v) is 4.27. The Bertz CT molecular complexity index is 519. The van der Waals surface area contributed by atoms with Gasteiger partial charge in [-0.25, -0.2) is 13.1 Å². The van der Waals surface area contributed by atoms with Crippen LogP contribution in [0, 0.1) is 12.8 Å². The van der Waals surface area contributed by atoms with Crippen molar-refractivity contribution < 1.29 is 8.42 Å². The first-order valence-corrected chi connectivity index (χ1v) is 8.72. The Morgan fingerprint density at radius 3 is 2.84 bits per heavy atom. The third kappa shape index (κ3) is 4.27. The van der Waals surface area contributed by atoms with Gasteiger partial charge in [0.05, 0.1) is 4.90 Å². The maximum atomic E-state index is 12.2. The summed E-state index contributed by atoms with van der Waals surface area (Å²) in [5.41, 5.74) is 0.925. The molecule has 0 radical (unpaired) electrons. The summed E-state index contributed by atoms with van der Waals surface area (Å²) in [6.07, 6.45) is 2.19. The zero-order valence-corrected chi connectivity index (χ0v) is 13.4. The summed E-state index contributed by atoms with van der Waals surface area (Å²) in [4.78, 5) is 0.322. The second-order valence-electron chi connectivity index (χ2n) is 5.03. The van der Waals surface area contributed by atoms with E-state index < -0.39 is 10.0 Å². The molecular formula is C13H19BrN2O2S. The number of benzene rings is 1. The van der Waals surface area contributed by atoms with Crippen molar-refractivity contribution in [3.05, 3.63) is 28.2 Å². The number of hydrogen-bond acceptors (Lipinski definition) is 3. The van der Waals surface area contributed by atoms with Gasteiger partial charge in [-0.15, -0.1) is 0 Å². The van der Waals surface area contributed by atoms with Crippen molar-refractivity contribution in [2.75, 3.05) is 19.6 Å². The standard InChI is InChI=1S/C13H19BrN2O2S/c1-10-5-12(14)7-13(6-10)19(17,18)16-9-11-3-2-4-15-8-11/h5-7,11,15-16H,2-4,8-9H2,1H3. The summed E-state index contributed by atoms with van der Waals surface area (Å²) >= 11 is 3.33. The minimum absolute atomic E-state index is 0.322. The van der Waals surface area contributed by atoms with E-state index in [1.54, 1.807) is 12.1 Å². The van der Waals surface area contributed by atoms with Crippen LogP contribution < -0.4 is 10.0 Å². The van der Waals surface area contributed by atoms with Crippen LogP contribution in [0.3, 0.4) is 0 Å². The molecule has 1 aliphatic rings. The second kappa shape index (κ2) is 6.35. The Balaban J connectivity index is 2.04. The number of piperidine rings is 1. The summed E-state index contributed by atoms with van der Waals surface area (Å²) in [5, 5.41) is 3.29. The van der Waals surface area contributed by atoms with Gasteiger partial charge in [-0.3, -0.25) is 0 Å². The van der Waals surface area contributed by atoms with E-state index in [4.69, 9.17) is 0 Å². The van der Waals surface area contributed by atoms with Crippen molar-refractivity contribution >= 4 is 26.0 Å². The van der Waals surface area contributed by atoms with Crippen molar-refractivity contribution in [3.8, 4) is 0 Å². The van der Waals surface area contributed by atoms with Gasteiger partial charge in [0.1, 0.15) is 0 Å². The van der Waals surface area contributed by atoms with Crippen LogP contribution >= 0.6 is 15.9 Å². The molecule has 0 aliphatic carbocycles. The van der Waals surface area contributed by atoms with E-state index in [2.05, 4.69) is 26.0 Å². The van der Waals surface area contributed by atoms with E-state index in [0.29, 0.717) is 17.4 Å². The summed E-state index contributed by atoms with van der Waals surface area (Å²) < 4.78 is 27.9. The lowest BCUT2D eigenvalue weighted by molar-refractivity contribution is 0.376. The summed E-state index contributed by atoms with van der Waals surface area (Å²) in [6.45, 7) is 4.31. The highest BCUT2D eigenvalue weighted by atomic mass is 79.9. The lowest BCUT2D eigenvalue weighted by atomic mass is 10.0. The highest BCUT2D eigenvalue weighted by molar-refractivity contribution is 9.10. The predicted octanol–water partition coefficient (Wildman–Crippen LogP) is 2.04. The van der Waals surface area contributed by atoms with Crippen LogP contribution in [0.5, 0.6) is 0 Å². The number of rotatable bonds is 4. The first-order valence-electron chi connectivity index (χ1n) is 6.45. The van der Waals surface area contributed by atoms with Gasteiger partial charge in [0.25, 0.3) is 0 Å². The molecular weight excluding hydrogens is 328 g/mol. The van der Waals surface area contributed by atoms with Crippen LogP contribution in [-0.4, -0.2) is 28.1 Å². The van der Waals surface area contributed by atoms with E-state index in [1.165, 1.54) is 0 Å². The number of aryl methyl sites for hydroxylation is 1. The molecule has 19 heavy (non-hydrogen) atoms. The molecule has 6 heteroatoms. The largest absolute Gasteiger partial charge is 0.316 e. The maximum absolute atomic E-state index is 12.2. The minimum Gasteiger partial charge on any atom is -0.316 e. The van der Waals surface area contributed by atoms with Gasteiger partial charge in [-0.2, -0.15) is 0 Å². The van der Waals surface area contributed by atoms with E-state index in [0.717, 1.165) is 36.0 Å². The number of halogens is 1. The topological polar surface area (TPSA) is 58.2 Å². The van der Waals surface area contributed by atoms with E-state index in [1.807, 2.05) is 13.0 Å². The Hall–Kier alpha value is -0.430. The molecule has 1 heterocycles. The van der Waals surface area contributed by atoms with Crippen molar-refractivity contribution in [2.24, 2.45) is 5.92 Å². The zero-order valence-electron chi connectivity index (χ0n) is 10.9. The lowest BCUT2D eigenvalue weighted by Crippen LogP contribution is -2.38. The number of sulfonamides is 1. The van der Waals surface area contributed by atoms with Crippen LogP contribution in [0.25, 0.3) is 0 Å². The Morgan fingerprint density at radius 2 is 2.21 bits per heavy atom. The maximum Gasteiger partial charge on any atom is 0.240 e. The fraction of sp³-hybridized carbons (Fsp3) is 0.538. The van der Waals surface area contributed by atoms with Crippen LogP contribution in [0.2, 0.25) is 0 Å². The average Bonchev–Trinajstić information content (AvgIpc) is 2.37. The smallest absolute Gasteiger partial charge is 0.240 e. The molecule has 2 N–H and O–H groups in total. The molecule has 0 spiro atoms. The Kier molecular flexibility index (Phi) is 5.00. The molecule has 1 fully saturated rings. The number of hydrogen-bond donors (Lipinski definition) is 2. The summed E-state index contributed by atoms with van der Waals surface area (Å²) in [7, 11) is -3.41. The minimum atomic E-state index is -3.41. The highest BCUT2D eigenvalue weighted by Crippen LogP contribution is 2.19. The van der Waals surface area contributed by atoms with Gasteiger partial charge < -0.3 is 5.32 Å². The first-order chi connectivity index (χ1) is 8.97. The van der Waals surface area contributed by atoms with Crippen LogP contribution in [0.15, 0.2) is 27.6 Å². The molecule has 106 valence electrons. The summed E-state index contributed by atoms with van der Waals surface area (Å²) in [6, 6.07) is 5.21. The number of nitrogens with one attached hydrogen (secondary N) is 2. The molecule has 2 rings (SSSR count). The van der Waals surface area contributed by atoms with Crippen molar-refractivity contribution in [3.63, 3.8) is 0 Å². The van der Waals surface area contributed by atoms with Gasteiger partial charge in [0.15, 0.2) is 0 Å². The van der Waals surface area contributed by atoms with Crippen molar-refractivity contribution in [2.45, 2.75) is 24.7 Å². The second-order valence-corrected chi connectivity index (χ2v) is 7.71. The molecule has 1 aromatic carbocycles. The van der Waals surface area contributed by atoms with Gasteiger partial charge >= 0.3 is 0 Å². The SMILES string of the molecule is Cc1cc(Br)cc(S(=O)(=O)NCC2CCCNC2)c1. The van der Waals surface area contributed by atoms with Gasteiger partial charge in [0, 0.05) is 11.0 Å². The molecule has 1 saturated heterocycles. The fourth-order valence-electron chi connectivity index (χ4n) is 2.27. The molecule has 0 amide bonds. The molecule has 1 aliphatic heterocycles. The highest BCUT2D eigenvalue weighted by Gasteiger charge is 2.19. The van der Waals surface area contributed by atoms with Crippen molar-refractivity contribution in [1.29, 1.82) is 0 Å². The van der Waals surface area contributed by atoms with E-state index >= 15 is 0 Å². The zero-order chi connectivity index (χ0) is 13.9. The molecule has 0 aromatic heterocycles. The summed E-state index contributed by atoms with van der Waals surface area (Å²) in [5.74, 6) is 0.386. The molecule has 1 aromatic rings. The monoisotopic (exact) mass is 346 g/mol. The van der Waals surface area contributed by atoms with Gasteiger partial charge in [0.2, 0.25) is 10.0 Å². The van der Waals surface area contributed by atoms with Crippen LogP contribution in [-0.2, 0) is 10.0 Å². The Morgan fingerprint density at radius 1 is 1.42 bits per heavy atom.